The van der Waals surface area contributed by atoms with Gasteiger partial charge in [-0.3, -0.25) is 10.1 Å². The van der Waals surface area contributed by atoms with Crippen molar-refractivity contribution in [3.05, 3.63) is 17.5 Å². The smallest absolute Gasteiger partial charge is 0.263 e. The molecular formula is C10H12N6O2. The highest BCUT2D eigenvalue weighted by molar-refractivity contribution is 6.03. The van der Waals surface area contributed by atoms with Crippen molar-refractivity contribution in [3.8, 4) is 0 Å². The molecule has 0 atom stereocenters. The number of rotatable bonds is 4. The van der Waals surface area contributed by atoms with Crippen LogP contribution in [0, 0.1) is 0 Å². The maximum atomic E-state index is 12.0. The number of aryl methyl sites for hydroxylation is 1. The summed E-state index contributed by atoms with van der Waals surface area (Å²) >= 11 is 0. The van der Waals surface area contributed by atoms with Crippen LogP contribution in [0.4, 0.5) is 5.95 Å². The van der Waals surface area contributed by atoms with Crippen molar-refractivity contribution in [2.75, 3.05) is 5.32 Å². The average Bonchev–Trinajstić information content (AvgIpc) is 2.93. The van der Waals surface area contributed by atoms with Crippen molar-refractivity contribution in [1.29, 1.82) is 0 Å². The van der Waals surface area contributed by atoms with Crippen molar-refractivity contribution in [3.63, 3.8) is 0 Å². The van der Waals surface area contributed by atoms with Crippen LogP contribution in [0.2, 0.25) is 0 Å². The molecule has 18 heavy (non-hydrogen) atoms. The second-order valence-corrected chi connectivity index (χ2v) is 4.16. The van der Waals surface area contributed by atoms with Crippen molar-refractivity contribution < 1.29 is 9.32 Å². The van der Waals surface area contributed by atoms with Crippen LogP contribution in [0.5, 0.6) is 0 Å². The molecular weight excluding hydrogens is 236 g/mol. The zero-order valence-electron chi connectivity index (χ0n) is 9.83. The van der Waals surface area contributed by atoms with E-state index in [2.05, 4.69) is 26.0 Å². The van der Waals surface area contributed by atoms with Gasteiger partial charge in [-0.15, -0.1) is 0 Å². The maximum absolute atomic E-state index is 12.0. The summed E-state index contributed by atoms with van der Waals surface area (Å²) in [6.07, 6.45) is 4.05. The van der Waals surface area contributed by atoms with Gasteiger partial charge < -0.3 is 4.52 Å². The molecule has 2 aromatic rings. The van der Waals surface area contributed by atoms with E-state index in [0.29, 0.717) is 29.7 Å². The van der Waals surface area contributed by atoms with Gasteiger partial charge in [-0.2, -0.15) is 0 Å². The number of aromatic nitrogens is 5. The number of anilines is 1. The monoisotopic (exact) mass is 248 g/mol. The molecule has 1 N–H and O–H groups in total. The fourth-order valence-electron chi connectivity index (χ4n) is 1.71. The summed E-state index contributed by atoms with van der Waals surface area (Å²) in [6, 6.07) is 0.309. The standard InChI is InChI=1S/C10H12N6O2/c1-2-8-7(5-18-13-8)9(17)11-10-12-14-15-16(10)6-3-4-6/h5-6H,2-4H2,1H3,(H,11,12,15,17). The van der Waals surface area contributed by atoms with E-state index in [1.165, 1.54) is 6.26 Å². The van der Waals surface area contributed by atoms with E-state index in [-0.39, 0.29) is 5.91 Å². The molecule has 8 heteroatoms. The first-order chi connectivity index (χ1) is 8.79. The number of hydrogen-bond donors (Lipinski definition) is 1. The maximum Gasteiger partial charge on any atom is 0.263 e. The third kappa shape index (κ3) is 1.85. The SMILES string of the molecule is CCc1nocc1C(=O)Nc1nnnn1C1CC1. The van der Waals surface area contributed by atoms with E-state index < -0.39 is 0 Å². The Morgan fingerprint density at radius 2 is 2.44 bits per heavy atom. The van der Waals surface area contributed by atoms with Gasteiger partial charge in [0.25, 0.3) is 5.91 Å². The molecule has 1 aliphatic carbocycles. The molecule has 94 valence electrons. The fourth-order valence-corrected chi connectivity index (χ4v) is 1.71. The summed E-state index contributed by atoms with van der Waals surface area (Å²) < 4.78 is 6.43. The Balaban J connectivity index is 1.79. The lowest BCUT2D eigenvalue weighted by atomic mass is 10.2. The molecule has 2 heterocycles. The minimum Gasteiger partial charge on any atom is -0.364 e. The lowest BCUT2D eigenvalue weighted by molar-refractivity contribution is 0.102. The molecule has 1 aliphatic rings. The molecule has 0 unspecified atom stereocenters. The van der Waals surface area contributed by atoms with Gasteiger partial charge in [0.05, 0.1) is 11.7 Å². The third-order valence-corrected chi connectivity index (χ3v) is 2.83. The van der Waals surface area contributed by atoms with E-state index in [0.717, 1.165) is 12.8 Å². The van der Waals surface area contributed by atoms with Gasteiger partial charge in [-0.05, 0) is 29.7 Å². The van der Waals surface area contributed by atoms with Crippen molar-refractivity contribution >= 4 is 11.9 Å². The highest BCUT2D eigenvalue weighted by atomic mass is 16.5. The van der Waals surface area contributed by atoms with Crippen LogP contribution >= 0.6 is 0 Å². The Morgan fingerprint density at radius 1 is 1.61 bits per heavy atom. The molecule has 0 aromatic carbocycles. The second kappa shape index (κ2) is 4.21. The summed E-state index contributed by atoms with van der Waals surface area (Å²) in [7, 11) is 0. The van der Waals surface area contributed by atoms with E-state index >= 15 is 0 Å². The van der Waals surface area contributed by atoms with Crippen LogP contribution in [0.1, 0.15) is 41.9 Å². The molecule has 0 radical (unpaired) electrons. The Kier molecular flexibility index (Phi) is 2.54. The molecule has 2 aromatic heterocycles. The number of nitrogens with one attached hydrogen (secondary N) is 1. The van der Waals surface area contributed by atoms with Crippen LogP contribution in [0.15, 0.2) is 10.8 Å². The Labute approximate surface area is 102 Å². The molecule has 0 spiro atoms. The molecule has 0 aliphatic heterocycles. The second-order valence-electron chi connectivity index (χ2n) is 4.16. The van der Waals surface area contributed by atoms with Gasteiger partial charge in [0, 0.05) is 0 Å². The number of hydrogen-bond acceptors (Lipinski definition) is 6. The lowest BCUT2D eigenvalue weighted by Gasteiger charge is -2.03. The summed E-state index contributed by atoms with van der Waals surface area (Å²) in [5, 5.41) is 17.7. The Hall–Kier alpha value is -2.25. The number of carbonyl (C=O) groups is 1. The van der Waals surface area contributed by atoms with Crippen LogP contribution in [-0.4, -0.2) is 31.3 Å². The number of amides is 1. The van der Waals surface area contributed by atoms with E-state index in [1.54, 1.807) is 4.68 Å². The minimum atomic E-state index is -0.301. The number of nitrogens with zero attached hydrogens (tertiary/aromatic N) is 5. The van der Waals surface area contributed by atoms with Gasteiger partial charge >= 0.3 is 0 Å². The first-order valence-electron chi connectivity index (χ1n) is 5.82. The highest BCUT2D eigenvalue weighted by Crippen LogP contribution is 2.35. The molecule has 3 rings (SSSR count). The minimum absolute atomic E-state index is 0.301. The van der Waals surface area contributed by atoms with Gasteiger partial charge in [0.1, 0.15) is 11.8 Å². The first-order valence-corrected chi connectivity index (χ1v) is 5.82. The average molecular weight is 248 g/mol. The van der Waals surface area contributed by atoms with Crippen LogP contribution < -0.4 is 5.32 Å². The zero-order chi connectivity index (χ0) is 12.5. The van der Waals surface area contributed by atoms with Crippen LogP contribution in [0.3, 0.4) is 0 Å². The molecule has 1 fully saturated rings. The van der Waals surface area contributed by atoms with Gasteiger partial charge in [-0.25, -0.2) is 4.68 Å². The van der Waals surface area contributed by atoms with Crippen LogP contribution in [-0.2, 0) is 6.42 Å². The number of carbonyl (C=O) groups excluding carboxylic acids is 1. The summed E-state index contributed by atoms with van der Waals surface area (Å²) in [5.41, 5.74) is 1.04. The zero-order valence-corrected chi connectivity index (χ0v) is 9.83. The molecule has 1 amide bonds. The molecule has 8 nitrogen and oxygen atoms in total. The van der Waals surface area contributed by atoms with Crippen molar-refractivity contribution in [2.24, 2.45) is 0 Å². The van der Waals surface area contributed by atoms with E-state index in [4.69, 9.17) is 4.52 Å². The van der Waals surface area contributed by atoms with Crippen molar-refractivity contribution in [1.82, 2.24) is 25.4 Å². The topological polar surface area (TPSA) is 98.7 Å². The summed E-state index contributed by atoms with van der Waals surface area (Å²) in [5.74, 6) is 0.0653. The Morgan fingerprint density at radius 3 is 3.17 bits per heavy atom. The fraction of sp³-hybridized carbons (Fsp3) is 0.500. The summed E-state index contributed by atoms with van der Waals surface area (Å²) in [6.45, 7) is 1.91. The first kappa shape index (κ1) is 10.9. The highest BCUT2D eigenvalue weighted by Gasteiger charge is 2.28. The van der Waals surface area contributed by atoms with Gasteiger partial charge in [-0.1, -0.05) is 17.2 Å². The predicted octanol–water partition coefficient (Wildman–Crippen LogP) is 0.811. The largest absolute Gasteiger partial charge is 0.364 e. The quantitative estimate of drug-likeness (QED) is 0.859. The number of tetrazole rings is 1. The normalized spacial score (nSPS) is 14.7. The van der Waals surface area contributed by atoms with E-state index in [1.807, 2.05) is 6.92 Å². The van der Waals surface area contributed by atoms with Crippen molar-refractivity contribution in [2.45, 2.75) is 32.2 Å². The van der Waals surface area contributed by atoms with Crippen LogP contribution in [0.25, 0.3) is 0 Å². The third-order valence-electron chi connectivity index (χ3n) is 2.83. The molecule has 0 bridgehead atoms. The van der Waals surface area contributed by atoms with Gasteiger partial charge in [0.2, 0.25) is 5.95 Å². The predicted molar refractivity (Wildman–Crippen MR) is 59.9 cm³/mol. The summed E-state index contributed by atoms with van der Waals surface area (Å²) in [4.78, 5) is 12.0. The molecule has 1 saturated carbocycles. The van der Waals surface area contributed by atoms with Gasteiger partial charge in [0.15, 0.2) is 0 Å². The Bertz CT molecular complexity index is 570. The lowest BCUT2D eigenvalue weighted by Crippen LogP contribution is -2.17. The molecule has 0 saturated heterocycles. The van der Waals surface area contributed by atoms with E-state index in [9.17, 15) is 4.79 Å².